The molecular formula is C26H20AlN3O3. The fourth-order valence-corrected chi connectivity index (χ4v) is 4.86. The van der Waals surface area contributed by atoms with Crippen LogP contribution in [0.1, 0.15) is 11.3 Å². The molecule has 0 unspecified atom stereocenters. The van der Waals surface area contributed by atoms with Crippen LogP contribution in [0.3, 0.4) is 0 Å². The molecule has 0 aliphatic heterocycles. The number of hydrogen-bond acceptors (Lipinski definition) is 6. The zero-order valence-corrected chi connectivity index (χ0v) is 19.2. The average molecular weight is 449 g/mol. The summed E-state index contributed by atoms with van der Waals surface area (Å²) in [5.74, 6) is 1.57. The number of hydrogen-bond donors (Lipinski definition) is 0. The first-order valence-corrected chi connectivity index (χ1v) is 11.9. The van der Waals surface area contributed by atoms with E-state index in [2.05, 4.69) is 21.5 Å². The molecule has 33 heavy (non-hydrogen) atoms. The lowest BCUT2D eigenvalue weighted by Gasteiger charge is -2.19. The molecule has 0 aliphatic rings. The van der Waals surface area contributed by atoms with E-state index in [0.717, 1.165) is 27.4 Å². The van der Waals surface area contributed by atoms with Crippen molar-refractivity contribution in [3.63, 3.8) is 0 Å². The van der Waals surface area contributed by atoms with Crippen LogP contribution in [0.15, 0.2) is 98.0 Å². The lowest BCUT2D eigenvalue weighted by molar-refractivity contribution is 0.291. The Labute approximate surface area is 196 Å². The smallest absolute Gasteiger partial charge is 0.576 e. The normalized spacial score (nSPS) is 10.7. The Morgan fingerprint density at radius 2 is 1.21 bits per heavy atom. The van der Waals surface area contributed by atoms with Crippen LogP contribution in [0.25, 0.3) is 27.6 Å². The second-order valence-electron chi connectivity index (χ2n) is 7.40. The summed E-state index contributed by atoms with van der Waals surface area (Å²) >= 11 is -2.87. The van der Waals surface area contributed by atoms with Crippen LogP contribution in [0, 0.1) is 6.92 Å². The second-order valence-corrected chi connectivity index (χ2v) is 8.68. The molecule has 0 saturated heterocycles. The van der Waals surface area contributed by atoms with E-state index in [4.69, 9.17) is 11.4 Å². The van der Waals surface area contributed by atoms with E-state index in [-0.39, 0.29) is 0 Å². The Morgan fingerprint density at radius 1 is 0.697 bits per heavy atom. The van der Waals surface area contributed by atoms with Gasteiger partial charge in [-0.05, 0) is 42.8 Å². The average Bonchev–Trinajstić information content (AvgIpc) is 2.85. The Kier molecular flexibility index (Phi) is 5.90. The maximum absolute atomic E-state index is 6.33. The molecule has 3 heterocycles. The van der Waals surface area contributed by atoms with Gasteiger partial charge in [0, 0.05) is 29.4 Å². The molecule has 0 saturated carbocycles. The number of aryl methyl sites for hydroxylation is 1. The van der Waals surface area contributed by atoms with Crippen molar-refractivity contribution in [2.24, 2.45) is 0 Å². The summed E-state index contributed by atoms with van der Waals surface area (Å²) in [6.45, 7) is 6.05. The van der Waals surface area contributed by atoms with Crippen LogP contribution < -0.4 is 7.58 Å². The maximum Gasteiger partial charge on any atom is 1.20 e. The van der Waals surface area contributed by atoms with Gasteiger partial charge in [-0.3, -0.25) is 15.0 Å². The standard InChI is InChI=1S/2C9H7NO.C8H9NO.Al/c2*11-8-5-1-3-7-4-2-6-10-9(7)8;1-6-4-3-5-9-8(6)7(2)10;/h2*1-6,11H;3-5,10H,2H2,1H3;/q;;;+3/p-3. The number of pyridine rings is 3. The van der Waals surface area contributed by atoms with Gasteiger partial charge in [0.15, 0.2) is 0 Å². The first-order chi connectivity index (χ1) is 16.2. The van der Waals surface area contributed by atoms with Gasteiger partial charge in [-0.1, -0.05) is 49.0 Å². The van der Waals surface area contributed by atoms with Gasteiger partial charge in [-0.2, -0.15) is 0 Å². The molecule has 0 spiro atoms. The predicted octanol–water partition coefficient (Wildman–Crippen LogP) is 5.62. The number of nitrogens with zero attached hydrogens (tertiary/aromatic N) is 3. The van der Waals surface area contributed by atoms with Crippen LogP contribution in [-0.2, 0) is 3.79 Å². The topological polar surface area (TPSA) is 66.4 Å². The van der Waals surface area contributed by atoms with Crippen molar-refractivity contribution in [1.82, 2.24) is 15.0 Å². The molecule has 0 amide bonds. The van der Waals surface area contributed by atoms with Crippen LogP contribution in [-0.4, -0.2) is 30.1 Å². The largest absolute Gasteiger partial charge is 1.20 e. The summed E-state index contributed by atoms with van der Waals surface area (Å²) in [6, 6.07) is 23.1. The third-order valence-corrected chi connectivity index (χ3v) is 6.52. The minimum Gasteiger partial charge on any atom is -0.576 e. The Morgan fingerprint density at radius 3 is 1.79 bits per heavy atom. The highest BCUT2D eigenvalue weighted by atomic mass is 27.3. The molecule has 3 aromatic heterocycles. The van der Waals surface area contributed by atoms with Crippen LogP contribution in [0.4, 0.5) is 0 Å². The minimum absolute atomic E-state index is 0.395. The fourth-order valence-electron chi connectivity index (χ4n) is 3.57. The van der Waals surface area contributed by atoms with Crippen molar-refractivity contribution in [2.45, 2.75) is 6.92 Å². The number of rotatable bonds is 7. The molecule has 0 radical (unpaired) electrons. The van der Waals surface area contributed by atoms with Gasteiger partial charge in [0.2, 0.25) is 0 Å². The molecule has 0 bridgehead atoms. The number of para-hydroxylation sites is 2. The van der Waals surface area contributed by atoms with Crippen molar-refractivity contribution in [2.75, 3.05) is 0 Å². The van der Waals surface area contributed by atoms with Crippen molar-refractivity contribution < 1.29 is 11.4 Å². The second kappa shape index (κ2) is 9.29. The minimum atomic E-state index is -2.87. The zero-order valence-electron chi connectivity index (χ0n) is 18.0. The van der Waals surface area contributed by atoms with Gasteiger partial charge in [0.1, 0.15) is 34.0 Å². The molecule has 2 aromatic carbocycles. The molecule has 5 aromatic rings. The summed E-state index contributed by atoms with van der Waals surface area (Å²) in [5.41, 5.74) is 3.09. The van der Waals surface area contributed by atoms with Crippen molar-refractivity contribution in [3.05, 3.63) is 109 Å². The van der Waals surface area contributed by atoms with Gasteiger partial charge in [0.05, 0.1) is 0 Å². The number of aromatic nitrogens is 3. The van der Waals surface area contributed by atoms with E-state index in [1.807, 2.05) is 79.7 Å². The number of benzene rings is 2. The van der Waals surface area contributed by atoms with E-state index < -0.39 is 15.1 Å². The lowest BCUT2D eigenvalue weighted by Crippen LogP contribution is -2.33. The molecule has 0 atom stereocenters. The van der Waals surface area contributed by atoms with Gasteiger partial charge in [0.25, 0.3) is 0 Å². The van der Waals surface area contributed by atoms with E-state index in [1.165, 1.54) is 0 Å². The molecule has 7 heteroatoms. The number of fused-ring (bicyclic) bond motifs is 2. The van der Waals surface area contributed by atoms with Gasteiger partial charge in [-0.15, -0.1) is 0 Å². The Bertz CT molecular complexity index is 1370. The highest BCUT2D eigenvalue weighted by Gasteiger charge is 2.46. The van der Waals surface area contributed by atoms with Gasteiger partial charge in [-0.25, -0.2) is 0 Å². The maximum atomic E-state index is 6.33. The first kappa shape index (κ1) is 21.0. The lowest BCUT2D eigenvalue weighted by atomic mass is 10.2. The summed E-state index contributed by atoms with van der Waals surface area (Å²) in [6.07, 6.45) is 5.18. The third kappa shape index (κ3) is 4.51. The molecular weight excluding hydrogens is 429 g/mol. The summed E-state index contributed by atoms with van der Waals surface area (Å²) in [5, 5.41) is 1.93. The summed E-state index contributed by atoms with van der Waals surface area (Å²) < 4.78 is 18.9. The van der Waals surface area contributed by atoms with E-state index in [1.54, 1.807) is 18.6 Å². The van der Waals surface area contributed by atoms with Gasteiger partial charge < -0.3 is 11.4 Å². The Balaban J connectivity index is 1.51. The summed E-state index contributed by atoms with van der Waals surface area (Å²) in [4.78, 5) is 13.4. The molecule has 0 aliphatic carbocycles. The van der Waals surface area contributed by atoms with Crippen molar-refractivity contribution in [1.29, 1.82) is 0 Å². The monoisotopic (exact) mass is 449 g/mol. The highest BCUT2D eigenvalue weighted by molar-refractivity contribution is 6.40. The Hall–Kier alpha value is -3.92. The molecule has 0 fully saturated rings. The van der Waals surface area contributed by atoms with Crippen molar-refractivity contribution >= 4 is 42.7 Å². The highest BCUT2D eigenvalue weighted by Crippen LogP contribution is 2.28. The molecule has 0 N–H and O–H groups in total. The molecule has 5 rings (SSSR count). The van der Waals surface area contributed by atoms with E-state index in [0.29, 0.717) is 23.0 Å². The van der Waals surface area contributed by atoms with Gasteiger partial charge >= 0.3 is 15.1 Å². The molecule has 6 nitrogen and oxygen atoms in total. The van der Waals surface area contributed by atoms with E-state index in [9.17, 15) is 0 Å². The first-order valence-electron chi connectivity index (χ1n) is 10.5. The zero-order chi connectivity index (χ0) is 22.6. The van der Waals surface area contributed by atoms with Crippen LogP contribution in [0.2, 0.25) is 0 Å². The summed E-state index contributed by atoms with van der Waals surface area (Å²) in [7, 11) is 0. The fraction of sp³-hybridized carbons (Fsp3) is 0.0385. The molecule has 160 valence electrons. The quantitative estimate of drug-likeness (QED) is 0.237. The third-order valence-electron chi connectivity index (χ3n) is 5.15. The van der Waals surface area contributed by atoms with Crippen LogP contribution >= 0.6 is 0 Å². The SMILES string of the molecule is C=C([O][Al]([O]c1cccc2cccnc12)[O]c1cccc2cccnc12)c1ncccc1C. The van der Waals surface area contributed by atoms with Crippen LogP contribution in [0.5, 0.6) is 11.5 Å². The predicted molar refractivity (Wildman–Crippen MR) is 130 cm³/mol. The van der Waals surface area contributed by atoms with Crippen molar-refractivity contribution in [3.8, 4) is 11.5 Å². The van der Waals surface area contributed by atoms with E-state index >= 15 is 0 Å².